The molecule has 0 spiro atoms. The van der Waals surface area contributed by atoms with E-state index in [-0.39, 0.29) is 0 Å². The Bertz CT molecular complexity index is 1360. The number of ether oxygens (including phenoxy) is 4. The minimum Gasteiger partial charge on any atom is -0.490 e. The van der Waals surface area contributed by atoms with Gasteiger partial charge in [-0.3, -0.25) is 0 Å². The number of nitrogens with zero attached hydrogens (tertiary/aromatic N) is 2. The molecule has 0 fully saturated rings. The second-order valence-corrected chi connectivity index (χ2v) is 9.34. The first-order valence-corrected chi connectivity index (χ1v) is 13.7. The number of benzene rings is 4. The van der Waals surface area contributed by atoms with Crippen molar-refractivity contribution in [1.29, 1.82) is 0 Å². The molecule has 0 amide bonds. The van der Waals surface area contributed by atoms with Crippen LogP contribution in [0, 0.1) is 0 Å². The van der Waals surface area contributed by atoms with Gasteiger partial charge in [0, 0.05) is 21.2 Å². The molecule has 0 aromatic heterocycles. The molecule has 0 N–H and O–H groups in total. The van der Waals surface area contributed by atoms with Crippen molar-refractivity contribution in [3.8, 4) is 23.0 Å². The summed E-state index contributed by atoms with van der Waals surface area (Å²) in [5, 5.41) is 9.72. The Morgan fingerprint density at radius 1 is 0.550 bits per heavy atom. The molecule has 0 aliphatic carbocycles. The average Bonchev–Trinajstić information content (AvgIpc) is 2.96. The lowest BCUT2D eigenvalue weighted by atomic mass is 10.2. The second kappa shape index (κ2) is 15.0. The summed E-state index contributed by atoms with van der Waals surface area (Å²) in [5.41, 5.74) is 3.45. The summed E-state index contributed by atoms with van der Waals surface area (Å²) in [4.78, 5) is 0. The van der Waals surface area contributed by atoms with Crippen LogP contribution in [0.25, 0.3) is 0 Å². The van der Waals surface area contributed by atoms with Crippen molar-refractivity contribution < 1.29 is 18.9 Å². The zero-order chi connectivity index (χ0) is 28.2. The fourth-order valence-electron chi connectivity index (χ4n) is 3.73. The summed E-state index contributed by atoms with van der Waals surface area (Å²) in [6.45, 7) is 5.53. The summed E-state index contributed by atoms with van der Waals surface area (Å²) in [6, 6.07) is 26.4. The number of rotatable bonds is 13. The molecule has 4 aromatic rings. The monoisotopic (exact) mass is 576 g/mol. The predicted octanol–water partition coefficient (Wildman–Crippen LogP) is 8.40. The summed E-state index contributed by atoms with van der Waals surface area (Å²) in [7, 11) is 0. The Labute approximate surface area is 244 Å². The zero-order valence-electron chi connectivity index (χ0n) is 22.3. The number of hydrogen-bond donors (Lipinski definition) is 0. The van der Waals surface area contributed by atoms with Crippen LogP contribution in [0.4, 0.5) is 0 Å². The summed E-state index contributed by atoms with van der Waals surface area (Å²) >= 11 is 12.5. The van der Waals surface area contributed by atoms with Crippen LogP contribution in [0.2, 0.25) is 10.0 Å². The van der Waals surface area contributed by atoms with Crippen molar-refractivity contribution in [2.45, 2.75) is 27.1 Å². The molecule has 6 nitrogen and oxygen atoms in total. The van der Waals surface area contributed by atoms with E-state index in [9.17, 15) is 0 Å². The SMILES string of the molecule is CCOc1cc(/C=N/N=C/c2ccc(OCc3ccccc3Cl)c(OCC)c2)ccc1OCc1ccccc1Cl. The molecule has 0 bridgehead atoms. The summed E-state index contributed by atoms with van der Waals surface area (Å²) in [6.07, 6.45) is 3.31. The maximum atomic E-state index is 6.25. The highest BCUT2D eigenvalue weighted by atomic mass is 35.5. The van der Waals surface area contributed by atoms with E-state index < -0.39 is 0 Å². The van der Waals surface area contributed by atoms with Crippen LogP contribution in [0.3, 0.4) is 0 Å². The third-order valence-corrected chi connectivity index (χ3v) is 6.43. The quantitative estimate of drug-likeness (QED) is 0.118. The van der Waals surface area contributed by atoms with Crippen LogP contribution in [-0.2, 0) is 13.2 Å². The first-order chi connectivity index (χ1) is 19.6. The lowest BCUT2D eigenvalue weighted by Crippen LogP contribution is -2.01. The van der Waals surface area contributed by atoms with Crippen LogP contribution < -0.4 is 18.9 Å². The maximum absolute atomic E-state index is 6.25. The van der Waals surface area contributed by atoms with Gasteiger partial charge in [0.2, 0.25) is 0 Å². The Balaban J connectivity index is 1.40. The molecular weight excluding hydrogens is 547 g/mol. The molecule has 0 atom stereocenters. The Kier molecular flexibility index (Phi) is 10.8. The summed E-state index contributed by atoms with van der Waals surface area (Å²) in [5.74, 6) is 2.50. The van der Waals surface area contributed by atoms with E-state index in [0.29, 0.717) is 59.5 Å². The molecule has 0 saturated heterocycles. The fraction of sp³-hybridized carbons (Fsp3) is 0.188. The Morgan fingerprint density at radius 2 is 0.975 bits per heavy atom. The Hall–Kier alpha value is -4.00. The molecule has 0 unspecified atom stereocenters. The highest BCUT2D eigenvalue weighted by molar-refractivity contribution is 6.31. The van der Waals surface area contributed by atoms with Gasteiger partial charge in [0.15, 0.2) is 23.0 Å². The molecule has 0 heterocycles. The van der Waals surface area contributed by atoms with Gasteiger partial charge in [-0.05, 0) is 73.5 Å². The molecule has 8 heteroatoms. The fourth-order valence-corrected chi connectivity index (χ4v) is 4.11. The van der Waals surface area contributed by atoms with Gasteiger partial charge in [-0.1, -0.05) is 59.6 Å². The van der Waals surface area contributed by atoms with Gasteiger partial charge in [-0.2, -0.15) is 10.2 Å². The average molecular weight is 578 g/mol. The van der Waals surface area contributed by atoms with Crippen LogP contribution >= 0.6 is 23.2 Å². The van der Waals surface area contributed by atoms with E-state index in [4.69, 9.17) is 42.1 Å². The topological polar surface area (TPSA) is 61.6 Å². The molecule has 40 heavy (non-hydrogen) atoms. The highest BCUT2D eigenvalue weighted by Gasteiger charge is 2.09. The molecule has 0 radical (unpaired) electrons. The molecule has 4 aromatic carbocycles. The van der Waals surface area contributed by atoms with E-state index in [0.717, 1.165) is 22.3 Å². The second-order valence-electron chi connectivity index (χ2n) is 8.53. The van der Waals surface area contributed by atoms with Gasteiger partial charge in [0.1, 0.15) is 13.2 Å². The molecule has 0 aliphatic heterocycles. The Morgan fingerprint density at radius 3 is 1.38 bits per heavy atom. The van der Waals surface area contributed by atoms with Gasteiger partial charge in [-0.15, -0.1) is 0 Å². The number of hydrogen-bond acceptors (Lipinski definition) is 6. The lowest BCUT2D eigenvalue weighted by molar-refractivity contribution is 0.269. The van der Waals surface area contributed by atoms with Crippen molar-refractivity contribution >= 4 is 35.6 Å². The third-order valence-electron chi connectivity index (χ3n) is 5.70. The van der Waals surface area contributed by atoms with Gasteiger partial charge in [-0.25, -0.2) is 0 Å². The normalized spacial score (nSPS) is 11.2. The highest BCUT2D eigenvalue weighted by Crippen LogP contribution is 2.31. The van der Waals surface area contributed by atoms with Crippen LogP contribution in [0.5, 0.6) is 23.0 Å². The third kappa shape index (κ3) is 8.25. The molecule has 0 aliphatic rings. The van der Waals surface area contributed by atoms with Gasteiger partial charge < -0.3 is 18.9 Å². The zero-order valence-corrected chi connectivity index (χ0v) is 23.9. The van der Waals surface area contributed by atoms with Crippen molar-refractivity contribution in [3.63, 3.8) is 0 Å². The van der Waals surface area contributed by atoms with E-state index >= 15 is 0 Å². The first-order valence-electron chi connectivity index (χ1n) is 12.9. The largest absolute Gasteiger partial charge is 0.490 e. The minimum atomic E-state index is 0.338. The smallest absolute Gasteiger partial charge is 0.161 e. The first kappa shape index (κ1) is 29.0. The minimum absolute atomic E-state index is 0.338. The van der Waals surface area contributed by atoms with E-state index in [1.54, 1.807) is 12.4 Å². The molecule has 206 valence electrons. The van der Waals surface area contributed by atoms with Crippen molar-refractivity contribution in [3.05, 3.63) is 117 Å². The van der Waals surface area contributed by atoms with E-state index in [1.165, 1.54) is 0 Å². The van der Waals surface area contributed by atoms with Crippen LogP contribution in [-0.4, -0.2) is 25.6 Å². The molecule has 4 rings (SSSR count). The standard InChI is InChI=1S/C32H30Cl2N2O4/c1-3-37-31-17-23(13-15-29(31)39-21-25-9-5-7-11-27(25)33)19-35-36-20-24-14-16-30(32(18-24)38-4-2)40-22-26-10-6-8-12-28(26)34/h5-20H,3-4,21-22H2,1-2H3/b35-19+,36-20+. The predicted molar refractivity (Wildman–Crippen MR) is 162 cm³/mol. The van der Waals surface area contributed by atoms with Gasteiger partial charge in [0.25, 0.3) is 0 Å². The summed E-state index contributed by atoms with van der Waals surface area (Å²) < 4.78 is 23.5. The van der Waals surface area contributed by atoms with Crippen molar-refractivity contribution in [1.82, 2.24) is 0 Å². The number of halogens is 2. The van der Waals surface area contributed by atoms with Crippen LogP contribution in [0.15, 0.2) is 95.1 Å². The van der Waals surface area contributed by atoms with Gasteiger partial charge in [0.05, 0.1) is 25.6 Å². The molecule has 0 saturated carbocycles. The van der Waals surface area contributed by atoms with E-state index in [2.05, 4.69) is 10.2 Å². The molecular formula is C32H30Cl2N2O4. The lowest BCUT2D eigenvalue weighted by Gasteiger charge is -2.13. The van der Waals surface area contributed by atoms with Gasteiger partial charge >= 0.3 is 0 Å². The maximum Gasteiger partial charge on any atom is 0.161 e. The van der Waals surface area contributed by atoms with Crippen LogP contribution in [0.1, 0.15) is 36.1 Å². The van der Waals surface area contributed by atoms with Crippen molar-refractivity contribution in [2.75, 3.05) is 13.2 Å². The van der Waals surface area contributed by atoms with Crippen molar-refractivity contribution in [2.24, 2.45) is 10.2 Å². The van der Waals surface area contributed by atoms with E-state index in [1.807, 2.05) is 98.8 Å².